The Morgan fingerprint density at radius 1 is 0.562 bits per heavy atom. The standard InChI is InChI=1S/C21H52O6Si5/c1-28(2,3)22-16-17(24-29(4,5)6)18-19(25-30(7,8)9)20(26-31(10,11)12)21(23-18)27-32(13,14)15/h17-21H,16H2,1-15H3/t17-,18-,19+,20-,21-/m1/s1. The van der Waals surface area contributed by atoms with Crippen molar-refractivity contribution in [3.05, 3.63) is 0 Å². The lowest BCUT2D eigenvalue weighted by Crippen LogP contribution is -2.53. The van der Waals surface area contributed by atoms with Crippen LogP contribution in [0, 0.1) is 0 Å². The van der Waals surface area contributed by atoms with E-state index in [0.717, 1.165) is 0 Å². The van der Waals surface area contributed by atoms with Gasteiger partial charge in [0.2, 0.25) is 0 Å². The first-order chi connectivity index (χ1) is 14.0. The lowest BCUT2D eigenvalue weighted by molar-refractivity contribution is -0.134. The molecule has 1 saturated heterocycles. The molecule has 192 valence electrons. The summed E-state index contributed by atoms with van der Waals surface area (Å²) in [6.45, 7) is 33.6. The second-order valence-electron chi connectivity index (χ2n) is 13.8. The molecule has 0 radical (unpaired) electrons. The summed E-state index contributed by atoms with van der Waals surface area (Å²) >= 11 is 0. The van der Waals surface area contributed by atoms with Gasteiger partial charge in [-0.1, -0.05) is 0 Å². The monoisotopic (exact) mass is 540 g/mol. The van der Waals surface area contributed by atoms with Crippen LogP contribution in [0.4, 0.5) is 0 Å². The van der Waals surface area contributed by atoms with Gasteiger partial charge in [0.1, 0.15) is 18.3 Å². The highest BCUT2D eigenvalue weighted by molar-refractivity contribution is 6.71. The number of ether oxygens (including phenoxy) is 1. The van der Waals surface area contributed by atoms with Crippen LogP contribution >= 0.6 is 0 Å². The van der Waals surface area contributed by atoms with E-state index < -0.39 is 47.9 Å². The van der Waals surface area contributed by atoms with Crippen molar-refractivity contribution < 1.29 is 26.9 Å². The summed E-state index contributed by atoms with van der Waals surface area (Å²) in [5, 5.41) is 0. The van der Waals surface area contributed by atoms with Crippen molar-refractivity contribution in [1.29, 1.82) is 0 Å². The summed E-state index contributed by atoms with van der Waals surface area (Å²) < 4.78 is 39.7. The minimum atomic E-state index is -1.90. The normalized spacial score (nSPS) is 27.1. The molecule has 6 nitrogen and oxygen atoms in total. The molecule has 0 aromatic carbocycles. The fourth-order valence-electron chi connectivity index (χ4n) is 3.45. The highest BCUT2D eigenvalue weighted by Crippen LogP contribution is 2.36. The van der Waals surface area contributed by atoms with Crippen LogP contribution < -0.4 is 0 Å². The van der Waals surface area contributed by atoms with Crippen molar-refractivity contribution in [2.24, 2.45) is 0 Å². The molecule has 1 aliphatic heterocycles. The van der Waals surface area contributed by atoms with E-state index in [2.05, 4.69) is 98.2 Å². The van der Waals surface area contributed by atoms with E-state index >= 15 is 0 Å². The molecule has 1 rings (SSSR count). The van der Waals surface area contributed by atoms with Crippen LogP contribution in [-0.4, -0.2) is 78.9 Å². The lowest BCUT2D eigenvalue weighted by Gasteiger charge is -2.38. The van der Waals surface area contributed by atoms with Crippen molar-refractivity contribution in [2.45, 2.75) is 129 Å². The lowest BCUT2D eigenvalue weighted by atomic mass is 10.1. The maximum absolute atomic E-state index is 6.78. The predicted molar refractivity (Wildman–Crippen MR) is 147 cm³/mol. The molecule has 1 fully saturated rings. The maximum atomic E-state index is 6.78. The number of hydrogen-bond donors (Lipinski definition) is 0. The molecule has 0 bridgehead atoms. The molecule has 1 heterocycles. The van der Waals surface area contributed by atoms with Gasteiger partial charge >= 0.3 is 0 Å². The highest BCUT2D eigenvalue weighted by atomic mass is 28.4. The van der Waals surface area contributed by atoms with Crippen LogP contribution in [0.25, 0.3) is 0 Å². The summed E-state index contributed by atoms with van der Waals surface area (Å²) in [7, 11) is -9.25. The van der Waals surface area contributed by atoms with E-state index in [0.29, 0.717) is 6.61 Å². The highest BCUT2D eigenvalue weighted by Gasteiger charge is 2.54. The van der Waals surface area contributed by atoms with Crippen molar-refractivity contribution in [1.82, 2.24) is 0 Å². The molecular weight excluding hydrogens is 489 g/mol. The summed E-state index contributed by atoms with van der Waals surface area (Å²) in [6.07, 6.45) is -1.43. The van der Waals surface area contributed by atoms with Crippen LogP contribution in [0.15, 0.2) is 0 Å². The molecule has 0 amide bonds. The molecule has 0 N–H and O–H groups in total. The van der Waals surface area contributed by atoms with Crippen molar-refractivity contribution in [2.75, 3.05) is 6.61 Å². The van der Waals surface area contributed by atoms with Crippen LogP contribution in [0.5, 0.6) is 0 Å². The van der Waals surface area contributed by atoms with E-state index in [1.54, 1.807) is 0 Å². The second kappa shape index (κ2) is 10.8. The fourth-order valence-corrected chi connectivity index (χ4v) is 8.26. The van der Waals surface area contributed by atoms with E-state index in [9.17, 15) is 0 Å². The molecule has 0 saturated carbocycles. The van der Waals surface area contributed by atoms with Gasteiger partial charge in [0.05, 0.1) is 12.7 Å². The molecule has 0 unspecified atom stereocenters. The largest absolute Gasteiger partial charge is 0.415 e. The fraction of sp³-hybridized carbons (Fsp3) is 1.00. The number of hydrogen-bond acceptors (Lipinski definition) is 6. The molecule has 0 aromatic heterocycles. The van der Waals surface area contributed by atoms with Gasteiger partial charge in [0, 0.05) is 0 Å². The Hall–Kier alpha value is 0.844. The van der Waals surface area contributed by atoms with Gasteiger partial charge in [0.25, 0.3) is 0 Å². The van der Waals surface area contributed by atoms with Crippen molar-refractivity contribution in [3.8, 4) is 0 Å². The van der Waals surface area contributed by atoms with Crippen LogP contribution in [0.2, 0.25) is 98.2 Å². The zero-order valence-electron chi connectivity index (χ0n) is 23.5. The van der Waals surface area contributed by atoms with Gasteiger partial charge in [-0.05, 0) is 98.2 Å². The maximum Gasteiger partial charge on any atom is 0.187 e. The van der Waals surface area contributed by atoms with Gasteiger partial charge in [-0.25, -0.2) is 0 Å². The zero-order valence-corrected chi connectivity index (χ0v) is 28.5. The molecule has 5 atom stereocenters. The molecule has 0 aliphatic carbocycles. The minimum Gasteiger partial charge on any atom is -0.415 e. The van der Waals surface area contributed by atoms with Gasteiger partial charge < -0.3 is 26.9 Å². The number of rotatable bonds is 12. The van der Waals surface area contributed by atoms with Crippen LogP contribution in [0.1, 0.15) is 0 Å². The third-order valence-corrected chi connectivity index (χ3v) is 9.15. The SMILES string of the molecule is C[Si](C)(C)OC[C@@H](O[Si](C)(C)C)[C@H]1O[C@H](O[Si](C)(C)C)[C@H](O[Si](C)(C)C)[C@H]1O[Si](C)(C)C. The smallest absolute Gasteiger partial charge is 0.187 e. The van der Waals surface area contributed by atoms with E-state index in [-0.39, 0.29) is 24.4 Å². The van der Waals surface area contributed by atoms with E-state index in [1.807, 2.05) is 0 Å². The average Bonchev–Trinajstić information content (AvgIpc) is 2.74. The average molecular weight is 541 g/mol. The molecule has 0 spiro atoms. The first-order valence-electron chi connectivity index (χ1n) is 12.0. The van der Waals surface area contributed by atoms with Gasteiger partial charge in [-0.15, -0.1) is 0 Å². The first kappa shape index (κ1) is 30.9. The van der Waals surface area contributed by atoms with Gasteiger partial charge in [0.15, 0.2) is 47.9 Å². The molecular formula is C21H52O6Si5. The third kappa shape index (κ3) is 12.5. The summed E-state index contributed by atoms with van der Waals surface area (Å²) in [4.78, 5) is 0. The van der Waals surface area contributed by atoms with Crippen LogP contribution in [-0.2, 0) is 26.9 Å². The Kier molecular flexibility index (Phi) is 10.5. The summed E-state index contributed by atoms with van der Waals surface area (Å²) in [5.74, 6) is 0. The Bertz CT molecular complexity index is 586. The first-order valence-corrected chi connectivity index (χ1v) is 29.0. The predicted octanol–water partition coefficient (Wildman–Crippen LogP) is 6.07. The Balaban J connectivity index is 3.41. The third-order valence-electron chi connectivity index (χ3n) is 4.21. The van der Waals surface area contributed by atoms with Gasteiger partial charge in [-0.3, -0.25) is 0 Å². The molecule has 0 aromatic rings. The Morgan fingerprint density at radius 3 is 1.38 bits per heavy atom. The van der Waals surface area contributed by atoms with Crippen molar-refractivity contribution >= 4 is 41.6 Å². The Morgan fingerprint density at radius 2 is 1.00 bits per heavy atom. The minimum absolute atomic E-state index is 0.210. The van der Waals surface area contributed by atoms with E-state index in [1.165, 1.54) is 0 Å². The van der Waals surface area contributed by atoms with Gasteiger partial charge in [-0.2, -0.15) is 0 Å². The summed E-state index contributed by atoms with van der Waals surface area (Å²) in [5.41, 5.74) is 0. The molecule has 1 aliphatic rings. The van der Waals surface area contributed by atoms with Crippen molar-refractivity contribution in [3.63, 3.8) is 0 Å². The molecule has 32 heavy (non-hydrogen) atoms. The second-order valence-corrected chi connectivity index (χ2v) is 36.1. The molecule has 11 heteroatoms. The topological polar surface area (TPSA) is 55.4 Å². The van der Waals surface area contributed by atoms with Crippen LogP contribution in [0.3, 0.4) is 0 Å². The van der Waals surface area contributed by atoms with E-state index in [4.69, 9.17) is 26.9 Å². The summed E-state index contributed by atoms with van der Waals surface area (Å²) in [6, 6.07) is 0. The quantitative estimate of drug-likeness (QED) is 0.280. The Labute approximate surface area is 203 Å². The zero-order chi connectivity index (χ0) is 25.3.